The van der Waals surface area contributed by atoms with Crippen LogP contribution in [0.4, 0.5) is 0 Å². The zero-order valence-corrected chi connectivity index (χ0v) is 19.3. The van der Waals surface area contributed by atoms with Gasteiger partial charge in [-0.25, -0.2) is 0 Å². The highest BCUT2D eigenvalue weighted by Crippen LogP contribution is 2.73. The molecule has 0 aromatic heterocycles. The van der Waals surface area contributed by atoms with Crippen LogP contribution in [0.15, 0.2) is 12.2 Å². The number of ether oxygens (including phenoxy) is 2. The fourth-order valence-corrected chi connectivity index (χ4v) is 8.14. The van der Waals surface area contributed by atoms with Gasteiger partial charge in [0.05, 0.1) is 24.9 Å². The zero-order chi connectivity index (χ0) is 23.9. The topological polar surface area (TPSA) is 134 Å². The summed E-state index contributed by atoms with van der Waals surface area (Å²) in [6.45, 7) is 10.2. The Labute approximate surface area is 188 Å². The first kappa shape index (κ1) is 23.7. The van der Waals surface area contributed by atoms with Crippen LogP contribution in [0.25, 0.3) is 0 Å². The number of fused-ring (bicyclic) bond motifs is 3. The highest BCUT2D eigenvalue weighted by molar-refractivity contribution is 5.66. The molecule has 32 heavy (non-hydrogen) atoms. The molecule has 5 rings (SSSR count). The third-order valence-electron chi connectivity index (χ3n) is 9.68. The van der Waals surface area contributed by atoms with Crippen LogP contribution in [0.3, 0.4) is 0 Å². The molecule has 0 saturated heterocycles. The minimum atomic E-state index is -1.75. The largest absolute Gasteiger partial charge is 0.465 e. The van der Waals surface area contributed by atoms with E-state index in [2.05, 4.69) is 6.58 Å². The van der Waals surface area contributed by atoms with E-state index in [9.17, 15) is 30.0 Å². The smallest absolute Gasteiger partial charge is 0.302 e. The molecule has 0 amide bonds. The Hall–Kier alpha value is -1.48. The Morgan fingerprint density at radius 3 is 2.34 bits per heavy atom. The summed E-state index contributed by atoms with van der Waals surface area (Å²) in [6.07, 6.45) is -2.02. The molecule has 5 saturated carbocycles. The van der Waals surface area contributed by atoms with E-state index >= 15 is 0 Å². The summed E-state index contributed by atoms with van der Waals surface area (Å²) in [5, 5.41) is 46.4. The number of aliphatic hydroxyl groups excluding tert-OH is 3. The summed E-state index contributed by atoms with van der Waals surface area (Å²) < 4.78 is 10.9. The number of rotatable bonds is 3. The minimum Gasteiger partial charge on any atom is -0.465 e. The molecular weight excluding hydrogens is 416 g/mol. The van der Waals surface area contributed by atoms with Gasteiger partial charge >= 0.3 is 11.9 Å². The Balaban J connectivity index is 1.82. The number of carbonyl (C=O) groups excluding carboxylic acids is 2. The second-order valence-electron chi connectivity index (χ2n) is 11.1. The number of esters is 2. The summed E-state index contributed by atoms with van der Waals surface area (Å²) in [7, 11) is 0. The van der Waals surface area contributed by atoms with Crippen molar-refractivity contribution in [3.63, 3.8) is 0 Å². The highest BCUT2D eigenvalue weighted by Gasteiger charge is 2.78. The SMILES string of the molecule is C=C1C2CC3C(CC2OC(C)=O)(CC(O)C2(O)C(C)(COC(C)=O)CCC(O)C32C)C1O. The molecule has 2 bridgehead atoms. The molecule has 5 fully saturated rings. The fourth-order valence-electron chi connectivity index (χ4n) is 8.14. The molecule has 10 atom stereocenters. The first-order valence-corrected chi connectivity index (χ1v) is 11.5. The zero-order valence-electron chi connectivity index (χ0n) is 19.3. The maximum absolute atomic E-state index is 12.3. The van der Waals surface area contributed by atoms with Crippen LogP contribution < -0.4 is 0 Å². The van der Waals surface area contributed by atoms with Crippen molar-refractivity contribution in [3.05, 3.63) is 12.2 Å². The number of aliphatic hydroxyl groups is 4. The van der Waals surface area contributed by atoms with Crippen molar-refractivity contribution in [2.45, 2.75) is 89.8 Å². The maximum Gasteiger partial charge on any atom is 0.302 e. The van der Waals surface area contributed by atoms with Crippen molar-refractivity contribution >= 4 is 11.9 Å². The predicted octanol–water partition coefficient (Wildman–Crippen LogP) is 1.09. The predicted molar refractivity (Wildman–Crippen MR) is 113 cm³/mol. The Kier molecular flexibility index (Phi) is 5.37. The normalized spacial score (nSPS) is 52.1. The summed E-state index contributed by atoms with van der Waals surface area (Å²) in [5.41, 5.74) is -4.24. The van der Waals surface area contributed by atoms with E-state index in [4.69, 9.17) is 9.47 Å². The van der Waals surface area contributed by atoms with Gasteiger partial charge in [-0.2, -0.15) is 0 Å². The van der Waals surface area contributed by atoms with E-state index in [-0.39, 0.29) is 24.9 Å². The molecule has 8 heteroatoms. The van der Waals surface area contributed by atoms with Crippen LogP contribution in [0.2, 0.25) is 0 Å². The van der Waals surface area contributed by atoms with Gasteiger partial charge in [0.2, 0.25) is 0 Å². The first-order chi connectivity index (χ1) is 14.7. The molecule has 8 nitrogen and oxygen atoms in total. The van der Waals surface area contributed by atoms with Crippen molar-refractivity contribution in [1.82, 2.24) is 0 Å². The summed E-state index contributed by atoms with van der Waals surface area (Å²) in [4.78, 5) is 23.3. The Morgan fingerprint density at radius 1 is 1.09 bits per heavy atom. The van der Waals surface area contributed by atoms with Crippen molar-refractivity contribution in [3.8, 4) is 0 Å². The lowest BCUT2D eigenvalue weighted by atomic mass is 9.33. The van der Waals surface area contributed by atoms with E-state index in [0.717, 1.165) is 0 Å². The lowest BCUT2D eigenvalue weighted by molar-refractivity contribution is -0.355. The molecule has 5 aliphatic carbocycles. The van der Waals surface area contributed by atoms with Gasteiger partial charge < -0.3 is 29.9 Å². The number of hydrogen-bond acceptors (Lipinski definition) is 8. The lowest BCUT2D eigenvalue weighted by Gasteiger charge is -2.74. The van der Waals surface area contributed by atoms with E-state index in [1.54, 1.807) is 13.8 Å². The van der Waals surface area contributed by atoms with Crippen molar-refractivity contribution in [1.29, 1.82) is 0 Å². The lowest BCUT2D eigenvalue weighted by Crippen LogP contribution is -2.81. The first-order valence-electron chi connectivity index (χ1n) is 11.5. The molecule has 0 aromatic rings. The maximum atomic E-state index is 12.3. The van der Waals surface area contributed by atoms with Gasteiger partial charge in [0.15, 0.2) is 0 Å². The molecule has 0 aliphatic heterocycles. The van der Waals surface area contributed by atoms with Crippen LogP contribution in [0.1, 0.15) is 59.8 Å². The van der Waals surface area contributed by atoms with E-state index in [1.807, 2.05) is 0 Å². The van der Waals surface area contributed by atoms with Gasteiger partial charge in [0.25, 0.3) is 0 Å². The standard InChI is InChI=1S/C24H36O8/c1-12-15-8-17-22(5)18(27)6-7-21(4,11-31-13(2)25)24(22,30)19(28)10-23(17,20(12)29)9-16(15)32-14(3)26/h15-20,27-30H,1,6-11H2,2-5H3. The molecule has 4 N–H and O–H groups in total. The second kappa shape index (κ2) is 7.26. The van der Waals surface area contributed by atoms with Crippen molar-refractivity contribution < 1.29 is 39.5 Å². The number of carbonyl (C=O) groups is 2. The fraction of sp³-hybridized carbons (Fsp3) is 0.833. The van der Waals surface area contributed by atoms with Crippen molar-refractivity contribution in [2.75, 3.05) is 6.61 Å². The average Bonchev–Trinajstić information content (AvgIpc) is 2.70. The Morgan fingerprint density at radius 2 is 1.75 bits per heavy atom. The van der Waals surface area contributed by atoms with Gasteiger partial charge in [-0.05, 0) is 43.6 Å². The van der Waals surface area contributed by atoms with Gasteiger partial charge in [-0.1, -0.05) is 20.4 Å². The van der Waals surface area contributed by atoms with Crippen LogP contribution in [0, 0.1) is 28.1 Å². The third-order valence-corrected chi connectivity index (χ3v) is 9.68. The van der Waals surface area contributed by atoms with Gasteiger partial charge in [-0.15, -0.1) is 0 Å². The van der Waals surface area contributed by atoms with Crippen LogP contribution in [-0.4, -0.2) is 69.0 Å². The van der Waals surface area contributed by atoms with Gasteiger partial charge in [0.1, 0.15) is 11.7 Å². The third kappa shape index (κ3) is 2.76. The molecule has 0 aromatic carbocycles. The minimum absolute atomic E-state index is 0.0663. The summed E-state index contributed by atoms with van der Waals surface area (Å²) in [5.74, 6) is -1.54. The van der Waals surface area contributed by atoms with E-state index < -0.39 is 58.2 Å². The second-order valence-corrected chi connectivity index (χ2v) is 11.1. The quantitative estimate of drug-likeness (QED) is 0.369. The van der Waals surface area contributed by atoms with Gasteiger partial charge in [0, 0.05) is 36.0 Å². The van der Waals surface area contributed by atoms with E-state index in [1.165, 1.54) is 13.8 Å². The molecule has 0 heterocycles. The monoisotopic (exact) mass is 452 g/mol. The van der Waals surface area contributed by atoms with Crippen LogP contribution in [-0.2, 0) is 19.1 Å². The van der Waals surface area contributed by atoms with Crippen molar-refractivity contribution in [2.24, 2.45) is 28.1 Å². The molecular formula is C24H36O8. The average molecular weight is 453 g/mol. The highest BCUT2D eigenvalue weighted by atomic mass is 16.5. The van der Waals surface area contributed by atoms with E-state index in [0.29, 0.717) is 31.3 Å². The van der Waals surface area contributed by atoms with Crippen LogP contribution in [0.5, 0.6) is 0 Å². The summed E-state index contributed by atoms with van der Waals surface area (Å²) in [6, 6.07) is 0. The summed E-state index contributed by atoms with van der Waals surface area (Å²) >= 11 is 0. The molecule has 10 unspecified atom stereocenters. The molecule has 5 aliphatic rings. The molecule has 180 valence electrons. The van der Waals surface area contributed by atoms with Crippen LogP contribution >= 0.6 is 0 Å². The Bertz CT molecular complexity index is 842. The molecule has 0 radical (unpaired) electrons. The molecule has 1 spiro atoms. The number of hydrogen-bond donors (Lipinski definition) is 4. The van der Waals surface area contributed by atoms with Gasteiger partial charge in [-0.3, -0.25) is 9.59 Å².